The maximum Gasteiger partial charge on any atom is 0.269 e. The standard InChI is InChI=1S/C13H15N5O3/c1-9(19)11-7-18(17-14-11)8-12(20)15-16-13(21)10-5-3-2-4-6-10/h2-7,9,19H,8H2,1H3,(H,15,20)(H,16,21). The third-order valence-corrected chi connectivity index (χ3v) is 2.64. The number of carbonyl (C=O) groups excluding carboxylic acids is 2. The van der Waals surface area contributed by atoms with E-state index in [1.54, 1.807) is 37.3 Å². The Labute approximate surface area is 120 Å². The van der Waals surface area contributed by atoms with E-state index in [-0.39, 0.29) is 6.54 Å². The summed E-state index contributed by atoms with van der Waals surface area (Å²) in [5, 5.41) is 16.7. The zero-order valence-corrected chi connectivity index (χ0v) is 11.4. The lowest BCUT2D eigenvalue weighted by Crippen LogP contribution is -2.43. The summed E-state index contributed by atoms with van der Waals surface area (Å²) in [6.45, 7) is 1.43. The molecule has 21 heavy (non-hydrogen) atoms. The molecular formula is C13H15N5O3. The van der Waals surface area contributed by atoms with Crippen LogP contribution in [0.25, 0.3) is 0 Å². The number of carbonyl (C=O) groups is 2. The molecule has 1 aromatic heterocycles. The lowest BCUT2D eigenvalue weighted by atomic mass is 10.2. The van der Waals surface area contributed by atoms with Gasteiger partial charge in [0.1, 0.15) is 12.2 Å². The van der Waals surface area contributed by atoms with Crippen molar-refractivity contribution in [3.63, 3.8) is 0 Å². The predicted octanol–water partition coefficient (Wildman–Crippen LogP) is -0.207. The van der Waals surface area contributed by atoms with Gasteiger partial charge in [0.05, 0.1) is 12.3 Å². The number of nitrogens with one attached hydrogen (secondary N) is 2. The molecule has 1 heterocycles. The van der Waals surface area contributed by atoms with Gasteiger partial charge >= 0.3 is 0 Å². The highest BCUT2D eigenvalue weighted by molar-refractivity contribution is 5.95. The molecule has 0 aliphatic heterocycles. The first-order valence-corrected chi connectivity index (χ1v) is 6.28. The summed E-state index contributed by atoms with van der Waals surface area (Å²) in [4.78, 5) is 23.4. The molecule has 0 fully saturated rings. The number of aliphatic hydroxyl groups is 1. The Morgan fingerprint density at radius 1 is 1.29 bits per heavy atom. The van der Waals surface area contributed by atoms with Crippen molar-refractivity contribution in [2.45, 2.75) is 19.6 Å². The van der Waals surface area contributed by atoms with E-state index in [2.05, 4.69) is 21.2 Å². The zero-order chi connectivity index (χ0) is 15.2. The fourth-order valence-electron chi connectivity index (χ4n) is 1.56. The van der Waals surface area contributed by atoms with Crippen molar-refractivity contribution in [1.82, 2.24) is 25.8 Å². The largest absolute Gasteiger partial charge is 0.387 e. The van der Waals surface area contributed by atoms with Gasteiger partial charge in [0, 0.05) is 5.56 Å². The molecule has 2 rings (SSSR count). The number of hydrogen-bond acceptors (Lipinski definition) is 5. The molecule has 0 saturated carbocycles. The topological polar surface area (TPSA) is 109 Å². The SMILES string of the molecule is CC(O)c1cn(CC(=O)NNC(=O)c2ccccc2)nn1. The first-order chi connectivity index (χ1) is 10.1. The first kappa shape index (κ1) is 14.7. The molecule has 1 atom stereocenters. The van der Waals surface area contributed by atoms with E-state index in [4.69, 9.17) is 0 Å². The van der Waals surface area contributed by atoms with Crippen LogP contribution in [0, 0.1) is 0 Å². The lowest BCUT2D eigenvalue weighted by molar-refractivity contribution is -0.122. The molecule has 0 saturated heterocycles. The number of aromatic nitrogens is 3. The summed E-state index contributed by atoms with van der Waals surface area (Å²) in [5.74, 6) is -0.867. The van der Waals surface area contributed by atoms with Crippen molar-refractivity contribution in [3.05, 3.63) is 47.8 Å². The summed E-state index contributed by atoms with van der Waals surface area (Å²) < 4.78 is 1.27. The minimum Gasteiger partial charge on any atom is -0.387 e. The molecule has 110 valence electrons. The quantitative estimate of drug-likeness (QED) is 0.675. The van der Waals surface area contributed by atoms with Crippen LogP contribution in [0.15, 0.2) is 36.5 Å². The number of benzene rings is 1. The molecule has 2 amide bonds. The minimum atomic E-state index is -0.750. The van der Waals surface area contributed by atoms with Gasteiger partial charge in [-0.3, -0.25) is 20.4 Å². The van der Waals surface area contributed by atoms with Gasteiger partial charge < -0.3 is 5.11 Å². The van der Waals surface area contributed by atoms with Gasteiger partial charge in [0.15, 0.2) is 0 Å². The van der Waals surface area contributed by atoms with E-state index in [9.17, 15) is 14.7 Å². The fraction of sp³-hybridized carbons (Fsp3) is 0.231. The maximum absolute atomic E-state index is 11.7. The third-order valence-electron chi connectivity index (χ3n) is 2.64. The van der Waals surface area contributed by atoms with E-state index in [1.165, 1.54) is 10.9 Å². The van der Waals surface area contributed by atoms with E-state index in [0.717, 1.165) is 0 Å². The van der Waals surface area contributed by atoms with E-state index in [1.807, 2.05) is 0 Å². The summed E-state index contributed by atoms with van der Waals surface area (Å²) in [7, 11) is 0. The smallest absolute Gasteiger partial charge is 0.269 e. The van der Waals surface area contributed by atoms with Gasteiger partial charge in [0.2, 0.25) is 0 Å². The molecule has 0 aliphatic rings. The number of hydrogen-bond donors (Lipinski definition) is 3. The summed E-state index contributed by atoms with van der Waals surface area (Å²) in [5.41, 5.74) is 5.39. The molecule has 1 unspecified atom stereocenters. The Balaban J connectivity index is 1.83. The van der Waals surface area contributed by atoms with Crippen LogP contribution in [-0.2, 0) is 11.3 Å². The second-order valence-corrected chi connectivity index (χ2v) is 4.39. The molecule has 0 spiro atoms. The highest BCUT2D eigenvalue weighted by Crippen LogP contribution is 2.05. The molecule has 8 heteroatoms. The maximum atomic E-state index is 11.7. The van der Waals surface area contributed by atoms with Crippen LogP contribution in [-0.4, -0.2) is 31.9 Å². The van der Waals surface area contributed by atoms with Gasteiger partial charge in [-0.1, -0.05) is 23.4 Å². The Hall–Kier alpha value is -2.74. The number of amides is 2. The van der Waals surface area contributed by atoms with Crippen LogP contribution in [0.4, 0.5) is 0 Å². The van der Waals surface area contributed by atoms with Crippen LogP contribution >= 0.6 is 0 Å². The van der Waals surface area contributed by atoms with Crippen LogP contribution in [0.2, 0.25) is 0 Å². The second kappa shape index (κ2) is 6.62. The van der Waals surface area contributed by atoms with E-state index in [0.29, 0.717) is 11.3 Å². The molecule has 1 aromatic carbocycles. The summed E-state index contributed by atoms with van der Waals surface area (Å²) in [6.07, 6.45) is 0.711. The Morgan fingerprint density at radius 3 is 2.62 bits per heavy atom. The van der Waals surface area contributed by atoms with Gasteiger partial charge in [-0.15, -0.1) is 5.10 Å². The van der Waals surface area contributed by atoms with Crippen molar-refractivity contribution >= 4 is 11.8 Å². The lowest BCUT2D eigenvalue weighted by Gasteiger charge is -2.07. The van der Waals surface area contributed by atoms with E-state index >= 15 is 0 Å². The first-order valence-electron chi connectivity index (χ1n) is 6.28. The summed E-state index contributed by atoms with van der Waals surface area (Å²) in [6, 6.07) is 8.51. The van der Waals surface area contributed by atoms with Gasteiger partial charge in [-0.2, -0.15) is 0 Å². The molecule has 0 bridgehead atoms. The van der Waals surface area contributed by atoms with Gasteiger partial charge in [-0.25, -0.2) is 4.68 Å². The highest BCUT2D eigenvalue weighted by atomic mass is 16.3. The second-order valence-electron chi connectivity index (χ2n) is 4.39. The average molecular weight is 289 g/mol. The third kappa shape index (κ3) is 4.11. The van der Waals surface area contributed by atoms with Crippen molar-refractivity contribution < 1.29 is 14.7 Å². The number of nitrogens with zero attached hydrogens (tertiary/aromatic N) is 3. The van der Waals surface area contributed by atoms with Gasteiger partial charge in [-0.05, 0) is 19.1 Å². The van der Waals surface area contributed by atoms with Crippen LogP contribution in [0.5, 0.6) is 0 Å². The zero-order valence-electron chi connectivity index (χ0n) is 11.4. The average Bonchev–Trinajstić information content (AvgIpc) is 2.94. The molecule has 8 nitrogen and oxygen atoms in total. The normalized spacial score (nSPS) is 11.7. The molecule has 2 aromatic rings. The van der Waals surface area contributed by atoms with E-state index < -0.39 is 17.9 Å². The Morgan fingerprint density at radius 2 is 2.00 bits per heavy atom. The molecule has 0 radical (unpaired) electrons. The predicted molar refractivity (Wildman–Crippen MR) is 72.7 cm³/mol. The van der Waals surface area contributed by atoms with Crippen molar-refractivity contribution in [1.29, 1.82) is 0 Å². The van der Waals surface area contributed by atoms with Crippen LogP contribution < -0.4 is 10.9 Å². The molecular weight excluding hydrogens is 274 g/mol. The molecule has 3 N–H and O–H groups in total. The number of hydrazine groups is 1. The fourth-order valence-corrected chi connectivity index (χ4v) is 1.56. The molecule has 0 aliphatic carbocycles. The monoisotopic (exact) mass is 289 g/mol. The summed E-state index contributed by atoms with van der Waals surface area (Å²) >= 11 is 0. The number of aliphatic hydroxyl groups excluding tert-OH is 1. The van der Waals surface area contributed by atoms with Crippen molar-refractivity contribution in [2.24, 2.45) is 0 Å². The van der Waals surface area contributed by atoms with Crippen LogP contribution in [0.3, 0.4) is 0 Å². The Bertz CT molecular complexity index is 624. The minimum absolute atomic E-state index is 0.116. The van der Waals surface area contributed by atoms with Crippen molar-refractivity contribution in [2.75, 3.05) is 0 Å². The van der Waals surface area contributed by atoms with Crippen molar-refractivity contribution in [3.8, 4) is 0 Å². The van der Waals surface area contributed by atoms with Gasteiger partial charge in [0.25, 0.3) is 11.8 Å². The Kier molecular flexibility index (Phi) is 4.62. The highest BCUT2D eigenvalue weighted by Gasteiger charge is 2.10. The van der Waals surface area contributed by atoms with Crippen LogP contribution in [0.1, 0.15) is 29.1 Å². The number of rotatable bonds is 4.